The maximum Gasteiger partial charge on any atom is 0.223 e. The first-order chi connectivity index (χ1) is 13.4. The molecule has 1 saturated carbocycles. The van der Waals surface area contributed by atoms with Crippen LogP contribution in [0.4, 0.5) is 4.39 Å². The number of nitrogens with zero attached hydrogens (tertiary/aromatic N) is 1. The van der Waals surface area contributed by atoms with Crippen molar-refractivity contribution < 1.29 is 13.9 Å². The zero-order chi connectivity index (χ0) is 20.5. The highest BCUT2D eigenvalue weighted by molar-refractivity contribution is 14.0. The van der Waals surface area contributed by atoms with Gasteiger partial charge in [-0.1, -0.05) is 12.5 Å². The molecule has 0 saturated heterocycles. The summed E-state index contributed by atoms with van der Waals surface area (Å²) in [6, 6.07) is 6.49. The summed E-state index contributed by atoms with van der Waals surface area (Å²) in [7, 11) is 1.72. The van der Waals surface area contributed by atoms with Gasteiger partial charge < -0.3 is 20.7 Å². The Hall–Kier alpha value is -1.58. The van der Waals surface area contributed by atoms with Crippen molar-refractivity contribution in [3.63, 3.8) is 0 Å². The fourth-order valence-electron chi connectivity index (χ4n) is 3.40. The van der Waals surface area contributed by atoms with E-state index in [1.807, 2.05) is 20.8 Å². The van der Waals surface area contributed by atoms with Crippen LogP contribution in [-0.2, 0) is 4.79 Å². The molecular weight excluding hydrogens is 486 g/mol. The number of ether oxygens (including phenoxy) is 1. The molecule has 3 N–H and O–H groups in total. The lowest BCUT2D eigenvalue weighted by molar-refractivity contribution is -0.126. The second-order valence-electron chi connectivity index (χ2n) is 7.71. The minimum absolute atomic E-state index is 0. The van der Waals surface area contributed by atoms with Crippen LogP contribution in [-0.4, -0.2) is 43.6 Å². The van der Waals surface area contributed by atoms with Crippen molar-refractivity contribution in [3.8, 4) is 5.75 Å². The van der Waals surface area contributed by atoms with Crippen LogP contribution in [0.1, 0.15) is 46.5 Å². The Morgan fingerprint density at radius 3 is 2.72 bits per heavy atom. The molecule has 1 fully saturated rings. The van der Waals surface area contributed by atoms with Gasteiger partial charge in [0.1, 0.15) is 17.7 Å². The second-order valence-corrected chi connectivity index (χ2v) is 7.71. The Labute approximate surface area is 190 Å². The van der Waals surface area contributed by atoms with Crippen LogP contribution in [0.5, 0.6) is 5.75 Å². The average Bonchev–Trinajstić information content (AvgIpc) is 2.64. The van der Waals surface area contributed by atoms with Crippen molar-refractivity contribution in [2.75, 3.05) is 13.6 Å². The molecule has 0 aliphatic heterocycles. The van der Waals surface area contributed by atoms with Gasteiger partial charge in [-0.15, -0.1) is 24.0 Å². The van der Waals surface area contributed by atoms with Gasteiger partial charge in [0.15, 0.2) is 5.96 Å². The first-order valence-electron chi connectivity index (χ1n) is 10.1. The van der Waals surface area contributed by atoms with Crippen LogP contribution in [0.2, 0.25) is 0 Å². The minimum Gasteiger partial charge on any atom is -0.489 e. The van der Waals surface area contributed by atoms with Gasteiger partial charge in [0.05, 0.1) is 6.54 Å². The van der Waals surface area contributed by atoms with Crippen LogP contribution < -0.4 is 20.7 Å². The zero-order valence-corrected chi connectivity index (χ0v) is 20.0. The van der Waals surface area contributed by atoms with Gasteiger partial charge in [-0.3, -0.25) is 9.79 Å². The van der Waals surface area contributed by atoms with Gasteiger partial charge in [-0.25, -0.2) is 4.39 Å². The maximum atomic E-state index is 13.3. The number of aliphatic imine (C=N–C) groups is 1. The summed E-state index contributed by atoms with van der Waals surface area (Å²) in [6.07, 6.45) is 3.61. The number of rotatable bonds is 7. The summed E-state index contributed by atoms with van der Waals surface area (Å²) < 4.78 is 19.0. The molecule has 6 nitrogen and oxygen atoms in total. The summed E-state index contributed by atoms with van der Waals surface area (Å²) in [5.74, 6) is 1.06. The Morgan fingerprint density at radius 2 is 2.07 bits per heavy atom. The lowest BCUT2D eigenvalue weighted by Crippen LogP contribution is -2.49. The topological polar surface area (TPSA) is 74.8 Å². The molecule has 0 spiro atoms. The standard InChI is InChI=1S/C21H33FN4O2.HI/c1-14(2)25-20(27)16-7-5-9-18(11-16)26-21(23-4)24-13-15(3)28-19-10-6-8-17(22)12-19;/h6,8,10,12,14-16,18H,5,7,9,11,13H2,1-4H3,(H,25,27)(H2,23,24,26);1H. The first kappa shape index (κ1) is 25.5. The van der Waals surface area contributed by atoms with Crippen LogP contribution in [0.3, 0.4) is 0 Å². The average molecular weight is 520 g/mol. The summed E-state index contributed by atoms with van der Waals surface area (Å²) in [4.78, 5) is 16.6. The summed E-state index contributed by atoms with van der Waals surface area (Å²) in [6.45, 7) is 6.41. The van der Waals surface area contributed by atoms with E-state index in [1.165, 1.54) is 12.1 Å². The third kappa shape index (κ3) is 9.18. The predicted octanol–water partition coefficient (Wildman–Crippen LogP) is 3.46. The maximum absolute atomic E-state index is 13.3. The van der Waals surface area contributed by atoms with Crippen LogP contribution in [0.25, 0.3) is 0 Å². The Bertz CT molecular complexity index is 672. The molecule has 1 aromatic rings. The van der Waals surface area contributed by atoms with Crippen molar-refractivity contribution >= 4 is 35.8 Å². The Kier molecular flexibility index (Phi) is 11.3. The second kappa shape index (κ2) is 12.9. The van der Waals surface area contributed by atoms with Gasteiger partial charge in [0.2, 0.25) is 5.91 Å². The number of amides is 1. The van der Waals surface area contributed by atoms with Crippen LogP contribution in [0.15, 0.2) is 29.3 Å². The van der Waals surface area contributed by atoms with E-state index in [9.17, 15) is 9.18 Å². The number of hydrogen-bond donors (Lipinski definition) is 3. The van der Waals surface area contributed by atoms with Crippen molar-refractivity contribution in [2.24, 2.45) is 10.9 Å². The highest BCUT2D eigenvalue weighted by Crippen LogP contribution is 2.24. The molecule has 0 bridgehead atoms. The van der Waals surface area contributed by atoms with E-state index >= 15 is 0 Å². The molecule has 1 aliphatic rings. The molecule has 29 heavy (non-hydrogen) atoms. The number of carbonyl (C=O) groups is 1. The summed E-state index contributed by atoms with van der Waals surface area (Å²) in [5, 5.41) is 9.67. The van der Waals surface area contributed by atoms with Crippen molar-refractivity contribution in [3.05, 3.63) is 30.1 Å². The minimum atomic E-state index is -0.316. The molecule has 3 atom stereocenters. The first-order valence-corrected chi connectivity index (χ1v) is 10.1. The normalized spacial score (nSPS) is 20.4. The van der Waals surface area contributed by atoms with Gasteiger partial charge >= 0.3 is 0 Å². The molecule has 1 aliphatic carbocycles. The zero-order valence-electron chi connectivity index (χ0n) is 17.7. The van der Waals surface area contributed by atoms with Gasteiger partial charge in [0, 0.05) is 31.1 Å². The molecular formula is C21H34FIN4O2. The fourth-order valence-corrected chi connectivity index (χ4v) is 3.40. The molecule has 0 aromatic heterocycles. The smallest absolute Gasteiger partial charge is 0.223 e. The highest BCUT2D eigenvalue weighted by atomic mass is 127. The summed E-state index contributed by atoms with van der Waals surface area (Å²) in [5.41, 5.74) is 0. The molecule has 2 rings (SSSR count). The monoisotopic (exact) mass is 520 g/mol. The molecule has 0 radical (unpaired) electrons. The van der Waals surface area contributed by atoms with Crippen LogP contribution in [0, 0.1) is 11.7 Å². The lowest BCUT2D eigenvalue weighted by Gasteiger charge is -2.30. The van der Waals surface area contributed by atoms with Crippen molar-refractivity contribution in [1.82, 2.24) is 16.0 Å². The van der Waals surface area contributed by atoms with Gasteiger partial charge in [-0.2, -0.15) is 0 Å². The number of halogens is 2. The van der Waals surface area contributed by atoms with E-state index in [1.54, 1.807) is 19.2 Å². The SMILES string of the molecule is CN=C(NCC(C)Oc1cccc(F)c1)NC1CCCC(C(=O)NC(C)C)C1.I. The predicted molar refractivity (Wildman–Crippen MR) is 125 cm³/mol. The van der Waals surface area contributed by atoms with Gasteiger partial charge in [-0.05, 0) is 52.2 Å². The number of nitrogens with one attached hydrogen (secondary N) is 3. The lowest BCUT2D eigenvalue weighted by atomic mass is 9.85. The number of benzene rings is 1. The molecule has 1 amide bonds. The van der Waals surface area contributed by atoms with Crippen molar-refractivity contribution in [1.29, 1.82) is 0 Å². The Morgan fingerprint density at radius 1 is 1.31 bits per heavy atom. The van der Waals surface area contributed by atoms with E-state index in [2.05, 4.69) is 20.9 Å². The van der Waals surface area contributed by atoms with Crippen molar-refractivity contribution in [2.45, 2.75) is 64.6 Å². The largest absolute Gasteiger partial charge is 0.489 e. The number of carbonyl (C=O) groups excluding carboxylic acids is 1. The van der Waals surface area contributed by atoms with E-state index in [-0.39, 0.29) is 59.8 Å². The third-order valence-electron chi connectivity index (χ3n) is 4.73. The third-order valence-corrected chi connectivity index (χ3v) is 4.73. The quantitative estimate of drug-likeness (QED) is 0.293. The van der Waals surface area contributed by atoms with E-state index in [0.717, 1.165) is 25.7 Å². The van der Waals surface area contributed by atoms with E-state index in [4.69, 9.17) is 4.74 Å². The van der Waals surface area contributed by atoms with Gasteiger partial charge in [0.25, 0.3) is 0 Å². The highest BCUT2D eigenvalue weighted by Gasteiger charge is 2.28. The summed E-state index contributed by atoms with van der Waals surface area (Å²) >= 11 is 0. The fraction of sp³-hybridized carbons (Fsp3) is 0.619. The number of hydrogen-bond acceptors (Lipinski definition) is 3. The van der Waals surface area contributed by atoms with Crippen LogP contribution >= 0.6 is 24.0 Å². The molecule has 1 aromatic carbocycles. The number of guanidine groups is 1. The molecule has 0 heterocycles. The molecule has 164 valence electrons. The molecule has 8 heteroatoms. The van der Waals surface area contributed by atoms with E-state index in [0.29, 0.717) is 18.3 Å². The molecule has 3 unspecified atom stereocenters. The Balaban J connectivity index is 0.00000420. The van der Waals surface area contributed by atoms with E-state index < -0.39 is 0 Å².